The van der Waals surface area contributed by atoms with E-state index in [-0.39, 0.29) is 0 Å². The molecule has 0 saturated carbocycles. The number of hydrogen-bond acceptors (Lipinski definition) is 10. The molecule has 0 unspecified atom stereocenters. The number of nitrogens with two attached hydrogens (primary N) is 2. The van der Waals surface area contributed by atoms with Crippen molar-refractivity contribution in [1.82, 2.24) is 25.2 Å². The van der Waals surface area contributed by atoms with Crippen LogP contribution in [0.1, 0.15) is 16.1 Å². The van der Waals surface area contributed by atoms with Crippen molar-refractivity contribution in [3.8, 4) is 16.3 Å². The lowest BCUT2D eigenvalue weighted by Crippen LogP contribution is -2.44. The van der Waals surface area contributed by atoms with E-state index in [2.05, 4.69) is 52.2 Å². The summed E-state index contributed by atoms with van der Waals surface area (Å²) in [5.41, 5.74) is 14.8. The van der Waals surface area contributed by atoms with Crippen molar-refractivity contribution in [3.63, 3.8) is 0 Å². The van der Waals surface area contributed by atoms with Gasteiger partial charge in [-0.15, -0.1) is 11.3 Å². The summed E-state index contributed by atoms with van der Waals surface area (Å²) in [7, 11) is 0. The molecule has 0 radical (unpaired) electrons. The molecule has 8 nitrogen and oxygen atoms in total. The third-order valence-electron chi connectivity index (χ3n) is 5.29. The molecule has 32 heavy (non-hydrogen) atoms. The average molecular weight is 472 g/mol. The van der Waals surface area contributed by atoms with Crippen LogP contribution in [-0.2, 0) is 5.75 Å². The Kier molecular flexibility index (Phi) is 7.46. The molecule has 10 heteroatoms. The van der Waals surface area contributed by atoms with Crippen molar-refractivity contribution in [3.05, 3.63) is 40.4 Å². The van der Waals surface area contributed by atoms with Crippen LogP contribution in [-0.4, -0.2) is 59.2 Å². The topological polar surface area (TPSA) is 115 Å². The van der Waals surface area contributed by atoms with Gasteiger partial charge in [-0.3, -0.25) is 4.90 Å². The molecule has 0 aliphatic carbocycles. The van der Waals surface area contributed by atoms with Crippen LogP contribution in [0.5, 0.6) is 5.75 Å². The smallest absolute Gasteiger partial charge is 0.191 e. The van der Waals surface area contributed by atoms with E-state index in [0.717, 1.165) is 60.3 Å². The van der Waals surface area contributed by atoms with E-state index in [9.17, 15) is 0 Å². The first-order valence-electron chi connectivity index (χ1n) is 10.6. The minimum absolute atomic E-state index is 0.375. The third-order valence-corrected chi connectivity index (χ3v) is 7.21. The van der Waals surface area contributed by atoms with Gasteiger partial charge in [-0.05, 0) is 25.5 Å². The predicted octanol–water partition coefficient (Wildman–Crippen LogP) is 2.96. The van der Waals surface area contributed by atoms with Crippen molar-refractivity contribution >= 4 is 34.7 Å². The first-order chi connectivity index (χ1) is 15.5. The molecule has 0 amide bonds. The highest BCUT2D eigenvalue weighted by atomic mass is 32.2. The zero-order chi connectivity index (χ0) is 22.5. The molecule has 1 saturated heterocycles. The fourth-order valence-corrected chi connectivity index (χ4v) is 5.36. The van der Waals surface area contributed by atoms with Crippen LogP contribution in [0.2, 0.25) is 0 Å². The Morgan fingerprint density at radius 1 is 1.09 bits per heavy atom. The van der Waals surface area contributed by atoms with Crippen molar-refractivity contribution in [2.24, 2.45) is 0 Å². The van der Waals surface area contributed by atoms with Gasteiger partial charge in [-0.1, -0.05) is 23.9 Å². The molecule has 3 aromatic rings. The normalized spacial score (nSPS) is 14.6. The number of benzene rings is 1. The first-order valence-corrected chi connectivity index (χ1v) is 12.4. The summed E-state index contributed by atoms with van der Waals surface area (Å²) < 4.78 is 6.14. The quantitative estimate of drug-likeness (QED) is 0.337. The van der Waals surface area contributed by atoms with Crippen LogP contribution in [0.3, 0.4) is 0 Å². The van der Waals surface area contributed by atoms with Crippen LogP contribution in [0.4, 0.5) is 11.6 Å². The fourth-order valence-electron chi connectivity index (χ4n) is 3.45. The minimum atomic E-state index is 0.375. The highest BCUT2D eigenvalue weighted by Crippen LogP contribution is 2.33. The zero-order valence-electron chi connectivity index (χ0n) is 18.4. The Hall–Kier alpha value is -2.40. The van der Waals surface area contributed by atoms with Crippen LogP contribution in [0, 0.1) is 13.8 Å². The number of hydrogen-bond donors (Lipinski definition) is 3. The lowest BCUT2D eigenvalue weighted by Gasteiger charge is -2.27. The number of thiazole rings is 1. The van der Waals surface area contributed by atoms with Crippen LogP contribution < -0.4 is 21.5 Å². The van der Waals surface area contributed by atoms with Crippen molar-refractivity contribution < 1.29 is 4.74 Å². The highest BCUT2D eigenvalue weighted by Gasteiger charge is 2.14. The molecule has 1 fully saturated rings. The lowest BCUT2D eigenvalue weighted by atomic mass is 10.1. The number of piperazine rings is 1. The standard InChI is InChI=1S/C22H29N7OS2/c1-14-3-4-16(11-18(14)30-10-9-29-7-5-25-6-8-29)21-26-17(15(2)32-21)13-31-22-27-19(23)12-20(24)28-22/h3-4,11-12,25H,5-10,13H2,1-2H3,(H4,23,24,27,28). The van der Waals surface area contributed by atoms with E-state index < -0.39 is 0 Å². The molecule has 2 aromatic heterocycles. The highest BCUT2D eigenvalue weighted by molar-refractivity contribution is 7.98. The summed E-state index contributed by atoms with van der Waals surface area (Å²) in [6.45, 7) is 10.1. The minimum Gasteiger partial charge on any atom is -0.492 e. The molecule has 1 aliphatic heterocycles. The lowest BCUT2D eigenvalue weighted by molar-refractivity contribution is 0.191. The van der Waals surface area contributed by atoms with E-state index in [1.807, 2.05) is 0 Å². The third kappa shape index (κ3) is 5.89. The van der Waals surface area contributed by atoms with Crippen molar-refractivity contribution in [1.29, 1.82) is 0 Å². The predicted molar refractivity (Wildman–Crippen MR) is 132 cm³/mol. The van der Waals surface area contributed by atoms with Gasteiger partial charge >= 0.3 is 0 Å². The van der Waals surface area contributed by atoms with Gasteiger partial charge < -0.3 is 21.5 Å². The van der Waals surface area contributed by atoms with Crippen molar-refractivity contribution in [2.75, 3.05) is 50.8 Å². The van der Waals surface area contributed by atoms with Gasteiger partial charge in [0.2, 0.25) is 0 Å². The number of anilines is 2. The molecular weight excluding hydrogens is 442 g/mol. The van der Waals surface area contributed by atoms with Crippen LogP contribution >= 0.6 is 23.1 Å². The number of nitrogen functional groups attached to an aromatic ring is 2. The van der Waals surface area contributed by atoms with E-state index in [1.54, 1.807) is 17.4 Å². The average Bonchev–Trinajstić information content (AvgIpc) is 3.14. The van der Waals surface area contributed by atoms with Gasteiger partial charge in [0.05, 0.1) is 5.69 Å². The number of aryl methyl sites for hydroxylation is 2. The molecule has 5 N–H and O–H groups in total. The molecular formula is C22H29N7OS2. The summed E-state index contributed by atoms with van der Waals surface area (Å²) in [6.07, 6.45) is 0. The van der Waals surface area contributed by atoms with Gasteiger partial charge in [-0.25, -0.2) is 15.0 Å². The van der Waals surface area contributed by atoms with Gasteiger partial charge in [0, 0.05) is 55.0 Å². The molecule has 0 spiro atoms. The molecule has 3 heterocycles. The monoisotopic (exact) mass is 471 g/mol. The van der Waals surface area contributed by atoms with Crippen LogP contribution in [0.15, 0.2) is 29.4 Å². The SMILES string of the molecule is Cc1ccc(-c2nc(CSc3nc(N)cc(N)n3)c(C)s2)cc1OCCN1CCNCC1. The maximum Gasteiger partial charge on any atom is 0.191 e. The number of nitrogens with zero attached hydrogens (tertiary/aromatic N) is 4. The second-order valence-electron chi connectivity index (χ2n) is 7.73. The van der Waals surface area contributed by atoms with E-state index in [1.165, 1.54) is 16.6 Å². The second-order valence-corrected chi connectivity index (χ2v) is 9.88. The molecule has 170 valence electrons. The summed E-state index contributed by atoms with van der Waals surface area (Å²) >= 11 is 3.17. The Morgan fingerprint density at radius 2 is 1.84 bits per heavy atom. The van der Waals surface area contributed by atoms with Gasteiger partial charge in [0.25, 0.3) is 0 Å². The van der Waals surface area contributed by atoms with E-state index >= 15 is 0 Å². The number of ether oxygens (including phenoxy) is 1. The maximum absolute atomic E-state index is 6.14. The number of rotatable bonds is 8. The molecule has 0 bridgehead atoms. The Balaban J connectivity index is 1.41. The fraction of sp³-hybridized carbons (Fsp3) is 0.409. The largest absolute Gasteiger partial charge is 0.492 e. The first kappa shape index (κ1) is 22.8. The van der Waals surface area contributed by atoms with Gasteiger partial charge in [-0.2, -0.15) is 0 Å². The summed E-state index contributed by atoms with van der Waals surface area (Å²) in [5, 5.41) is 4.93. The number of aromatic nitrogens is 3. The Morgan fingerprint density at radius 3 is 2.59 bits per heavy atom. The number of nitrogens with one attached hydrogen (secondary N) is 1. The summed E-state index contributed by atoms with van der Waals surface area (Å²) in [6, 6.07) is 7.86. The molecule has 1 aromatic carbocycles. The zero-order valence-corrected chi connectivity index (χ0v) is 20.1. The number of thioether (sulfide) groups is 1. The van der Waals surface area contributed by atoms with Crippen LogP contribution in [0.25, 0.3) is 10.6 Å². The maximum atomic E-state index is 6.14. The van der Waals surface area contributed by atoms with Gasteiger partial charge in [0.1, 0.15) is 29.0 Å². The Bertz CT molecular complexity index is 1050. The van der Waals surface area contributed by atoms with E-state index in [0.29, 0.717) is 29.2 Å². The summed E-state index contributed by atoms with van der Waals surface area (Å²) in [5.74, 6) is 2.33. The molecule has 0 atom stereocenters. The molecule has 4 rings (SSSR count). The summed E-state index contributed by atoms with van der Waals surface area (Å²) in [4.78, 5) is 16.9. The van der Waals surface area contributed by atoms with Gasteiger partial charge in [0.15, 0.2) is 5.16 Å². The van der Waals surface area contributed by atoms with Crippen molar-refractivity contribution in [2.45, 2.75) is 24.8 Å². The van der Waals surface area contributed by atoms with E-state index in [4.69, 9.17) is 21.2 Å². The molecule has 1 aliphatic rings. The second kappa shape index (κ2) is 10.5. The Labute approximate surface area is 196 Å².